The van der Waals surface area contributed by atoms with Crippen molar-refractivity contribution in [2.75, 3.05) is 0 Å². The molecule has 1 N–H and O–H groups in total. The van der Waals surface area contributed by atoms with E-state index in [0.29, 0.717) is 5.71 Å². The third kappa shape index (κ3) is 10.1. The fourth-order valence-corrected chi connectivity index (χ4v) is 0.826. The topological polar surface area (TPSA) is 36.7 Å². The van der Waals surface area contributed by atoms with E-state index >= 15 is 0 Å². The standard InChI is InChI=1S/C6H7N.C5H5N.C3H6/c7-6-4-2-1-3-5-6;1-2-4-6-5-3-1;1-3-2/h1-4,7H,5H2;1-5H;3H,1H2,2H3. The van der Waals surface area contributed by atoms with E-state index in [2.05, 4.69) is 11.6 Å². The van der Waals surface area contributed by atoms with E-state index in [-0.39, 0.29) is 0 Å². The summed E-state index contributed by atoms with van der Waals surface area (Å²) in [7, 11) is 0. The van der Waals surface area contributed by atoms with Crippen molar-refractivity contribution in [3.8, 4) is 0 Å². The maximum Gasteiger partial charge on any atom is 0.0351 e. The van der Waals surface area contributed by atoms with Gasteiger partial charge in [-0.25, -0.2) is 0 Å². The fraction of sp³-hybridized carbons (Fsp3) is 0.143. The number of hydrogen-bond donors (Lipinski definition) is 1. The van der Waals surface area contributed by atoms with Crippen molar-refractivity contribution < 1.29 is 0 Å². The smallest absolute Gasteiger partial charge is 0.0351 e. The molecule has 0 aliphatic heterocycles. The van der Waals surface area contributed by atoms with Crippen molar-refractivity contribution in [1.82, 2.24) is 4.98 Å². The van der Waals surface area contributed by atoms with E-state index in [0.717, 1.165) is 6.42 Å². The highest BCUT2D eigenvalue weighted by molar-refractivity contribution is 5.94. The highest BCUT2D eigenvalue weighted by Gasteiger charge is 1.87. The van der Waals surface area contributed by atoms with E-state index in [1.807, 2.05) is 43.4 Å². The van der Waals surface area contributed by atoms with Crippen molar-refractivity contribution in [3.05, 3.63) is 67.6 Å². The summed E-state index contributed by atoms with van der Waals surface area (Å²) in [5.41, 5.74) is 0.697. The van der Waals surface area contributed by atoms with Crippen LogP contribution >= 0.6 is 0 Å². The predicted molar refractivity (Wildman–Crippen MR) is 70.7 cm³/mol. The Balaban J connectivity index is 0.000000230. The molecule has 1 aliphatic carbocycles. The molecule has 16 heavy (non-hydrogen) atoms. The number of pyridine rings is 1. The summed E-state index contributed by atoms with van der Waals surface area (Å²) in [6.45, 7) is 5.25. The summed E-state index contributed by atoms with van der Waals surface area (Å²) >= 11 is 0. The van der Waals surface area contributed by atoms with Gasteiger partial charge in [-0.15, -0.1) is 6.58 Å². The minimum absolute atomic E-state index is 0.697. The van der Waals surface area contributed by atoms with Crippen LogP contribution in [0.4, 0.5) is 0 Å². The molecule has 0 amide bonds. The van der Waals surface area contributed by atoms with Crippen LogP contribution in [0.5, 0.6) is 0 Å². The van der Waals surface area contributed by atoms with Gasteiger partial charge in [0.05, 0.1) is 0 Å². The highest BCUT2D eigenvalue weighted by atomic mass is 14.6. The van der Waals surface area contributed by atoms with Crippen LogP contribution in [0, 0.1) is 5.41 Å². The Labute approximate surface area is 97.6 Å². The normalized spacial score (nSPS) is 11.7. The van der Waals surface area contributed by atoms with Crippen molar-refractivity contribution in [3.63, 3.8) is 0 Å². The van der Waals surface area contributed by atoms with E-state index < -0.39 is 0 Å². The SMILES string of the molecule is C=CC.N=C1C=CC=CC1.c1ccncc1. The molecule has 2 nitrogen and oxygen atoms in total. The maximum atomic E-state index is 7.05. The highest BCUT2D eigenvalue weighted by Crippen LogP contribution is 1.94. The third-order valence-corrected chi connectivity index (χ3v) is 1.45. The molecule has 2 rings (SSSR count). The molecule has 0 spiro atoms. The molecular formula is C14H18N2. The van der Waals surface area contributed by atoms with Crippen LogP contribution < -0.4 is 0 Å². The number of allylic oxidation sites excluding steroid dienone is 5. The van der Waals surface area contributed by atoms with E-state index in [4.69, 9.17) is 5.41 Å². The first-order valence-corrected chi connectivity index (χ1v) is 5.14. The van der Waals surface area contributed by atoms with Gasteiger partial charge < -0.3 is 5.41 Å². The molecule has 2 heteroatoms. The summed E-state index contributed by atoms with van der Waals surface area (Å²) in [6, 6.07) is 5.72. The van der Waals surface area contributed by atoms with Gasteiger partial charge in [-0.2, -0.15) is 0 Å². The van der Waals surface area contributed by atoms with E-state index in [9.17, 15) is 0 Å². The van der Waals surface area contributed by atoms with Gasteiger partial charge in [-0.3, -0.25) is 4.98 Å². The van der Waals surface area contributed by atoms with Crippen LogP contribution in [0.2, 0.25) is 0 Å². The molecular weight excluding hydrogens is 196 g/mol. The van der Waals surface area contributed by atoms with Gasteiger partial charge in [0.15, 0.2) is 0 Å². The lowest BCUT2D eigenvalue weighted by Crippen LogP contribution is -1.89. The predicted octanol–water partition coefficient (Wildman–Crippen LogP) is 3.80. The van der Waals surface area contributed by atoms with Gasteiger partial charge in [-0.1, -0.05) is 30.4 Å². The molecule has 0 saturated heterocycles. The molecule has 1 heterocycles. The fourth-order valence-electron chi connectivity index (χ4n) is 0.826. The molecule has 0 unspecified atom stereocenters. The molecule has 1 aliphatic rings. The Hall–Kier alpha value is -1.96. The summed E-state index contributed by atoms with van der Waals surface area (Å²) in [6.07, 6.45) is 13.7. The lowest BCUT2D eigenvalue weighted by atomic mass is 10.2. The van der Waals surface area contributed by atoms with Crippen LogP contribution in [0.1, 0.15) is 13.3 Å². The molecule has 0 saturated carbocycles. The zero-order valence-electron chi connectivity index (χ0n) is 9.63. The first kappa shape index (κ1) is 14.0. The Morgan fingerprint density at radius 1 is 1.25 bits per heavy atom. The molecule has 1 aromatic heterocycles. The van der Waals surface area contributed by atoms with Crippen LogP contribution in [-0.2, 0) is 0 Å². The molecule has 0 bridgehead atoms. The van der Waals surface area contributed by atoms with Crippen molar-refractivity contribution >= 4 is 5.71 Å². The molecule has 0 fully saturated rings. The van der Waals surface area contributed by atoms with Crippen LogP contribution in [0.25, 0.3) is 0 Å². The van der Waals surface area contributed by atoms with Gasteiger partial charge in [-0.05, 0) is 25.1 Å². The number of nitrogens with one attached hydrogen (secondary N) is 1. The van der Waals surface area contributed by atoms with Gasteiger partial charge in [0.2, 0.25) is 0 Å². The minimum Gasteiger partial charge on any atom is -0.305 e. The lowest BCUT2D eigenvalue weighted by Gasteiger charge is -1.92. The summed E-state index contributed by atoms with van der Waals surface area (Å²) in [5.74, 6) is 0. The van der Waals surface area contributed by atoms with Crippen LogP contribution in [0.15, 0.2) is 67.6 Å². The Morgan fingerprint density at radius 3 is 2.06 bits per heavy atom. The van der Waals surface area contributed by atoms with E-state index in [1.165, 1.54) is 0 Å². The Kier molecular flexibility index (Phi) is 9.75. The van der Waals surface area contributed by atoms with Gasteiger partial charge in [0.1, 0.15) is 0 Å². The quantitative estimate of drug-likeness (QED) is 0.655. The third-order valence-electron chi connectivity index (χ3n) is 1.45. The number of hydrogen-bond acceptors (Lipinski definition) is 2. The van der Waals surface area contributed by atoms with Crippen LogP contribution in [-0.4, -0.2) is 10.7 Å². The average Bonchev–Trinajstić information content (AvgIpc) is 2.34. The second-order valence-corrected chi connectivity index (χ2v) is 2.95. The van der Waals surface area contributed by atoms with Gasteiger partial charge >= 0.3 is 0 Å². The maximum absolute atomic E-state index is 7.05. The van der Waals surface area contributed by atoms with Gasteiger partial charge in [0, 0.05) is 24.5 Å². The Morgan fingerprint density at radius 2 is 1.88 bits per heavy atom. The molecule has 1 aromatic rings. The monoisotopic (exact) mass is 214 g/mol. The molecule has 0 atom stereocenters. The van der Waals surface area contributed by atoms with E-state index in [1.54, 1.807) is 24.5 Å². The second kappa shape index (κ2) is 11.1. The van der Waals surface area contributed by atoms with Crippen LogP contribution in [0.3, 0.4) is 0 Å². The summed E-state index contributed by atoms with van der Waals surface area (Å²) < 4.78 is 0. The van der Waals surface area contributed by atoms with Crippen molar-refractivity contribution in [1.29, 1.82) is 5.41 Å². The molecule has 84 valence electrons. The van der Waals surface area contributed by atoms with Gasteiger partial charge in [0.25, 0.3) is 0 Å². The van der Waals surface area contributed by atoms with Crippen molar-refractivity contribution in [2.24, 2.45) is 0 Å². The molecule has 0 aromatic carbocycles. The minimum atomic E-state index is 0.697. The number of rotatable bonds is 0. The first-order chi connectivity index (χ1) is 7.81. The van der Waals surface area contributed by atoms with Crippen molar-refractivity contribution in [2.45, 2.75) is 13.3 Å². The largest absolute Gasteiger partial charge is 0.305 e. The average molecular weight is 214 g/mol. The summed E-state index contributed by atoms with van der Waals surface area (Å²) in [5, 5.41) is 7.05. The Bertz CT molecular complexity index is 310. The zero-order valence-corrected chi connectivity index (χ0v) is 9.63. The number of nitrogens with zero attached hydrogens (tertiary/aromatic N) is 1. The molecule has 0 radical (unpaired) electrons. The zero-order chi connectivity index (χ0) is 12.1. The first-order valence-electron chi connectivity index (χ1n) is 5.14. The lowest BCUT2D eigenvalue weighted by molar-refractivity contribution is 1.33. The second-order valence-electron chi connectivity index (χ2n) is 2.95. The summed E-state index contributed by atoms with van der Waals surface area (Å²) in [4.78, 5) is 3.78. The number of aromatic nitrogens is 1.